The van der Waals surface area contributed by atoms with Gasteiger partial charge < -0.3 is 10.4 Å². The minimum atomic E-state index is -0.748. The van der Waals surface area contributed by atoms with Gasteiger partial charge in [-0.2, -0.15) is 0 Å². The fourth-order valence-corrected chi connectivity index (χ4v) is 3.28. The first kappa shape index (κ1) is 23.8. The van der Waals surface area contributed by atoms with Crippen molar-refractivity contribution >= 4 is 23.2 Å². The number of phenolic OH excluding ortho intramolecular Hbond substituents is 1. The Kier molecular flexibility index (Phi) is 7.36. The number of hydrogen-bond donors (Lipinski definition) is 2. The normalized spacial score (nSPS) is 10.4. The molecule has 1 aromatic heterocycles. The van der Waals surface area contributed by atoms with E-state index < -0.39 is 23.0 Å². The Morgan fingerprint density at radius 1 is 1.18 bits per heavy atom. The maximum absolute atomic E-state index is 13.8. The predicted molar refractivity (Wildman–Crippen MR) is 124 cm³/mol. The predicted octanol–water partition coefficient (Wildman–Crippen LogP) is 2.98. The summed E-state index contributed by atoms with van der Waals surface area (Å²) in [6.07, 6.45) is 0.578. The molecule has 0 saturated carbocycles. The highest BCUT2D eigenvalue weighted by Gasteiger charge is 2.18. The van der Waals surface area contributed by atoms with Crippen molar-refractivity contribution in [3.8, 4) is 17.6 Å². The smallest absolute Gasteiger partial charge is 0.332 e. The fourth-order valence-electron chi connectivity index (χ4n) is 3.02. The number of anilines is 1. The first-order chi connectivity index (χ1) is 15.7. The van der Waals surface area contributed by atoms with Crippen molar-refractivity contribution in [1.82, 2.24) is 9.13 Å². The summed E-state index contributed by atoms with van der Waals surface area (Å²) in [4.78, 5) is 37.5. The van der Waals surface area contributed by atoms with Crippen LogP contribution in [-0.2, 0) is 24.8 Å². The number of aryl methyl sites for hydroxylation is 2. The van der Waals surface area contributed by atoms with Crippen molar-refractivity contribution in [2.45, 2.75) is 26.3 Å². The number of halogens is 2. The monoisotopic (exact) mass is 469 g/mol. The van der Waals surface area contributed by atoms with E-state index in [0.717, 1.165) is 26.3 Å². The van der Waals surface area contributed by atoms with Crippen molar-refractivity contribution in [3.63, 3.8) is 0 Å². The molecule has 7 nitrogen and oxygen atoms in total. The van der Waals surface area contributed by atoms with Gasteiger partial charge in [-0.3, -0.25) is 18.7 Å². The number of aromatic nitrogens is 2. The van der Waals surface area contributed by atoms with Crippen molar-refractivity contribution in [3.05, 3.63) is 91.0 Å². The van der Waals surface area contributed by atoms with Gasteiger partial charge in [-0.25, -0.2) is 9.18 Å². The third kappa shape index (κ3) is 5.70. The van der Waals surface area contributed by atoms with Gasteiger partial charge in [-0.1, -0.05) is 53.3 Å². The lowest BCUT2D eigenvalue weighted by molar-refractivity contribution is -0.116. The summed E-state index contributed by atoms with van der Waals surface area (Å²) in [6, 6.07) is 11.2. The lowest BCUT2D eigenvalue weighted by Crippen LogP contribution is -2.40. The summed E-state index contributed by atoms with van der Waals surface area (Å²) >= 11 is 6.26. The van der Waals surface area contributed by atoms with E-state index in [4.69, 9.17) is 11.6 Å². The molecule has 0 bridgehead atoms. The zero-order valence-electron chi connectivity index (χ0n) is 18.0. The molecule has 0 saturated heterocycles. The molecular weight excluding hydrogens is 449 g/mol. The second kappa shape index (κ2) is 10.2. The van der Waals surface area contributed by atoms with Gasteiger partial charge in [0.25, 0.3) is 5.56 Å². The number of nitrogens with zero attached hydrogens (tertiary/aromatic N) is 2. The van der Waals surface area contributed by atoms with Crippen molar-refractivity contribution in [2.75, 3.05) is 5.32 Å². The molecule has 0 atom stereocenters. The van der Waals surface area contributed by atoms with E-state index in [0.29, 0.717) is 6.42 Å². The van der Waals surface area contributed by atoms with E-state index in [1.807, 2.05) is 31.2 Å². The lowest BCUT2D eigenvalue weighted by atomic mass is 10.1. The summed E-state index contributed by atoms with van der Waals surface area (Å²) in [5.74, 6) is 3.78. The average Bonchev–Trinajstić information content (AvgIpc) is 2.78. The second-order valence-corrected chi connectivity index (χ2v) is 7.76. The van der Waals surface area contributed by atoms with Crippen LogP contribution in [-0.4, -0.2) is 20.1 Å². The Morgan fingerprint density at radius 3 is 2.55 bits per heavy atom. The summed E-state index contributed by atoms with van der Waals surface area (Å²) in [6.45, 7) is 1.72. The SMILES string of the molecule is Cc1ccc(CCC(=O)Nc2c(Cl)n(CC#Cc3ccc(O)cc3F)c(=O)n(C)c2=O)cc1. The number of carbonyl (C=O) groups is 1. The van der Waals surface area contributed by atoms with E-state index in [1.165, 1.54) is 19.2 Å². The van der Waals surface area contributed by atoms with Gasteiger partial charge in [0, 0.05) is 19.5 Å². The van der Waals surface area contributed by atoms with Crippen LogP contribution in [0, 0.1) is 24.6 Å². The highest BCUT2D eigenvalue weighted by atomic mass is 35.5. The van der Waals surface area contributed by atoms with Crippen LogP contribution in [0.3, 0.4) is 0 Å². The first-order valence-electron chi connectivity index (χ1n) is 9.99. The Balaban J connectivity index is 1.81. The zero-order valence-corrected chi connectivity index (χ0v) is 18.7. The molecule has 170 valence electrons. The zero-order chi connectivity index (χ0) is 24.1. The molecule has 2 N–H and O–H groups in total. The van der Waals surface area contributed by atoms with Crippen LogP contribution in [0.15, 0.2) is 52.1 Å². The molecule has 1 heterocycles. The van der Waals surface area contributed by atoms with Crippen LogP contribution >= 0.6 is 11.6 Å². The van der Waals surface area contributed by atoms with Gasteiger partial charge >= 0.3 is 5.69 Å². The number of carbonyl (C=O) groups excluding carboxylic acids is 1. The molecule has 1 amide bonds. The molecule has 0 aliphatic heterocycles. The summed E-state index contributed by atoms with van der Waals surface area (Å²) in [7, 11) is 1.26. The molecule has 0 unspecified atom stereocenters. The number of nitrogens with one attached hydrogen (secondary N) is 1. The number of rotatable bonds is 5. The Morgan fingerprint density at radius 2 is 1.88 bits per heavy atom. The molecule has 0 radical (unpaired) electrons. The molecule has 9 heteroatoms. The number of amides is 1. The van der Waals surface area contributed by atoms with E-state index in [-0.39, 0.29) is 35.1 Å². The highest BCUT2D eigenvalue weighted by Crippen LogP contribution is 2.17. The molecule has 3 rings (SSSR count). The molecule has 0 fully saturated rings. The van der Waals surface area contributed by atoms with Crippen LogP contribution in [0.2, 0.25) is 5.15 Å². The summed E-state index contributed by atoms with van der Waals surface area (Å²) in [5, 5.41) is 11.5. The Labute approximate surface area is 194 Å². The molecule has 0 aliphatic rings. The summed E-state index contributed by atoms with van der Waals surface area (Å²) < 4.78 is 15.6. The number of phenols is 1. The van der Waals surface area contributed by atoms with E-state index in [1.54, 1.807) is 0 Å². The molecule has 3 aromatic rings. The first-order valence-corrected chi connectivity index (χ1v) is 10.4. The van der Waals surface area contributed by atoms with Crippen LogP contribution in [0.1, 0.15) is 23.1 Å². The van der Waals surface area contributed by atoms with Crippen molar-refractivity contribution in [2.24, 2.45) is 7.05 Å². The number of benzene rings is 2. The standard InChI is InChI=1S/C24H21ClFN3O4/c1-15-5-7-16(8-6-15)9-12-20(31)27-21-22(25)29(24(33)28(2)23(21)32)13-3-4-17-10-11-18(30)14-19(17)26/h5-8,10-11,14,30H,9,12-13H2,1-2H3,(H,27,31). The number of aromatic hydroxyl groups is 1. The van der Waals surface area contributed by atoms with Crippen LogP contribution in [0.4, 0.5) is 10.1 Å². The van der Waals surface area contributed by atoms with Gasteiger partial charge in [0.15, 0.2) is 0 Å². The minimum Gasteiger partial charge on any atom is -0.508 e. The molecule has 33 heavy (non-hydrogen) atoms. The molecule has 0 aliphatic carbocycles. The van der Waals surface area contributed by atoms with Crippen LogP contribution in [0.25, 0.3) is 0 Å². The van der Waals surface area contributed by atoms with E-state index in [9.17, 15) is 23.9 Å². The van der Waals surface area contributed by atoms with E-state index in [2.05, 4.69) is 17.2 Å². The van der Waals surface area contributed by atoms with Gasteiger partial charge in [-0.05, 0) is 31.0 Å². The highest BCUT2D eigenvalue weighted by molar-refractivity contribution is 6.32. The number of hydrogen-bond acceptors (Lipinski definition) is 4. The van der Waals surface area contributed by atoms with Gasteiger partial charge in [0.05, 0.1) is 12.1 Å². The third-order valence-electron chi connectivity index (χ3n) is 4.92. The lowest BCUT2D eigenvalue weighted by Gasteiger charge is -2.13. The maximum Gasteiger partial charge on any atom is 0.332 e. The maximum atomic E-state index is 13.8. The average molecular weight is 470 g/mol. The van der Waals surface area contributed by atoms with Gasteiger partial charge in [-0.15, -0.1) is 0 Å². The molecular formula is C24H21ClFN3O4. The Hall–Kier alpha value is -3.83. The van der Waals surface area contributed by atoms with Crippen LogP contribution in [0.5, 0.6) is 5.75 Å². The fraction of sp³-hybridized carbons (Fsp3) is 0.208. The minimum absolute atomic E-state index is 0.0198. The van der Waals surface area contributed by atoms with Crippen LogP contribution < -0.4 is 16.6 Å². The second-order valence-electron chi connectivity index (χ2n) is 7.40. The largest absolute Gasteiger partial charge is 0.508 e. The van der Waals surface area contributed by atoms with Crippen molar-refractivity contribution < 1.29 is 14.3 Å². The Bertz CT molecular complexity index is 1380. The topological polar surface area (TPSA) is 93.3 Å². The summed E-state index contributed by atoms with van der Waals surface area (Å²) in [5.41, 5.74) is 0.385. The van der Waals surface area contributed by atoms with E-state index >= 15 is 0 Å². The van der Waals surface area contributed by atoms with Crippen molar-refractivity contribution in [1.29, 1.82) is 0 Å². The molecule has 0 spiro atoms. The third-order valence-corrected chi connectivity index (χ3v) is 5.31. The van der Waals surface area contributed by atoms with Gasteiger partial charge in [0.2, 0.25) is 5.91 Å². The van der Waals surface area contributed by atoms with Gasteiger partial charge in [0.1, 0.15) is 22.4 Å². The molecule has 2 aromatic carbocycles. The quantitative estimate of drug-likeness (QED) is 0.444.